The summed E-state index contributed by atoms with van der Waals surface area (Å²) < 4.78 is 28.6. The molecule has 0 aromatic carbocycles. The van der Waals surface area contributed by atoms with Crippen molar-refractivity contribution < 1.29 is 47.6 Å². The molecule has 0 aliphatic heterocycles. The van der Waals surface area contributed by atoms with Gasteiger partial charge in [0, 0.05) is 0 Å². The molecular formula is C17H24O10. The SMILES string of the molecule is COC(=O)C(OC=O)(OC(=O)OC1CCCCC1)OC(=O)OC1CCCC1. The Hall–Kier alpha value is -2.52. The van der Waals surface area contributed by atoms with Gasteiger partial charge in [0.15, 0.2) is 0 Å². The fourth-order valence-electron chi connectivity index (χ4n) is 3.12. The Morgan fingerprint density at radius 1 is 0.815 bits per heavy atom. The fourth-order valence-corrected chi connectivity index (χ4v) is 3.12. The molecule has 10 heteroatoms. The molecule has 0 heterocycles. The van der Waals surface area contributed by atoms with E-state index in [9.17, 15) is 19.2 Å². The van der Waals surface area contributed by atoms with Crippen molar-refractivity contribution in [3.05, 3.63) is 0 Å². The zero-order valence-electron chi connectivity index (χ0n) is 15.2. The van der Waals surface area contributed by atoms with Crippen molar-refractivity contribution in [2.45, 2.75) is 76.0 Å². The molecular weight excluding hydrogens is 364 g/mol. The molecule has 1 atom stereocenters. The summed E-state index contributed by atoms with van der Waals surface area (Å²) in [6, 6.07) is 0. The van der Waals surface area contributed by atoms with Crippen molar-refractivity contribution in [3.8, 4) is 0 Å². The lowest BCUT2D eigenvalue weighted by Gasteiger charge is -2.28. The van der Waals surface area contributed by atoms with Gasteiger partial charge in [-0.25, -0.2) is 14.4 Å². The second-order valence-electron chi connectivity index (χ2n) is 6.37. The number of rotatable bonds is 7. The lowest BCUT2D eigenvalue weighted by Crippen LogP contribution is -2.51. The van der Waals surface area contributed by atoms with Gasteiger partial charge in [0.2, 0.25) is 0 Å². The summed E-state index contributed by atoms with van der Waals surface area (Å²) in [6.45, 7) is -0.215. The molecule has 2 fully saturated rings. The van der Waals surface area contributed by atoms with Crippen LogP contribution in [0.5, 0.6) is 0 Å². The van der Waals surface area contributed by atoms with Crippen LogP contribution in [0, 0.1) is 0 Å². The molecule has 10 nitrogen and oxygen atoms in total. The Morgan fingerprint density at radius 3 is 1.67 bits per heavy atom. The third kappa shape index (κ3) is 6.00. The average Bonchev–Trinajstić information content (AvgIpc) is 3.14. The molecule has 0 N–H and O–H groups in total. The summed E-state index contributed by atoms with van der Waals surface area (Å²) in [7, 11) is 0.937. The summed E-state index contributed by atoms with van der Waals surface area (Å²) in [6.07, 6.45) is 3.67. The van der Waals surface area contributed by atoms with Gasteiger partial charge in [-0.2, -0.15) is 0 Å². The first kappa shape index (κ1) is 20.8. The highest BCUT2D eigenvalue weighted by atomic mass is 17.0. The molecule has 0 radical (unpaired) electrons. The quantitative estimate of drug-likeness (QED) is 0.278. The molecule has 152 valence electrons. The first-order valence-corrected chi connectivity index (χ1v) is 8.98. The third-order valence-electron chi connectivity index (χ3n) is 4.45. The predicted octanol–water partition coefficient (Wildman–Crippen LogP) is 2.57. The van der Waals surface area contributed by atoms with Gasteiger partial charge in [0.25, 0.3) is 6.47 Å². The Labute approximate surface area is 156 Å². The van der Waals surface area contributed by atoms with E-state index in [4.69, 9.17) is 18.9 Å². The normalized spacial score (nSPS) is 20.0. The van der Waals surface area contributed by atoms with E-state index >= 15 is 0 Å². The average molecular weight is 388 g/mol. The van der Waals surface area contributed by atoms with Gasteiger partial charge >= 0.3 is 24.3 Å². The first-order valence-electron chi connectivity index (χ1n) is 8.98. The maximum Gasteiger partial charge on any atom is 0.534 e. The first-order chi connectivity index (χ1) is 13.0. The van der Waals surface area contributed by atoms with Crippen molar-refractivity contribution in [1.82, 2.24) is 0 Å². The fraction of sp³-hybridized carbons (Fsp3) is 0.765. The predicted molar refractivity (Wildman–Crippen MR) is 86.2 cm³/mol. The minimum absolute atomic E-state index is 0.215. The van der Waals surface area contributed by atoms with Crippen LogP contribution in [-0.4, -0.2) is 50.0 Å². The number of carbonyl (C=O) groups excluding carboxylic acids is 4. The summed E-state index contributed by atoms with van der Waals surface area (Å²) >= 11 is 0. The molecule has 0 aromatic rings. The number of hydrogen-bond acceptors (Lipinski definition) is 10. The zero-order valence-corrected chi connectivity index (χ0v) is 15.2. The van der Waals surface area contributed by atoms with Crippen LogP contribution in [0.1, 0.15) is 57.8 Å². The highest BCUT2D eigenvalue weighted by Gasteiger charge is 2.54. The summed E-state index contributed by atoms with van der Waals surface area (Å²) in [5, 5.41) is 0. The van der Waals surface area contributed by atoms with Gasteiger partial charge in [0.05, 0.1) is 7.11 Å². The number of ether oxygens (including phenoxy) is 6. The molecule has 2 saturated carbocycles. The van der Waals surface area contributed by atoms with Gasteiger partial charge in [-0.3, -0.25) is 4.79 Å². The number of esters is 1. The molecule has 2 rings (SSSR count). The number of methoxy groups -OCH3 is 1. The van der Waals surface area contributed by atoms with Gasteiger partial charge in [-0.15, -0.1) is 0 Å². The molecule has 2 aliphatic rings. The molecule has 2 aliphatic carbocycles. The summed E-state index contributed by atoms with van der Waals surface area (Å²) in [4.78, 5) is 47.0. The summed E-state index contributed by atoms with van der Waals surface area (Å²) in [5.74, 6) is -4.50. The topological polar surface area (TPSA) is 124 Å². The standard InChI is InChI=1S/C17H24O10/c1-22-14(19)17(23-11-18,27-16(21)25-13-9-5-6-10-13)26-15(20)24-12-7-3-2-4-8-12/h11-13H,2-10H2,1H3. The van der Waals surface area contributed by atoms with Crippen molar-refractivity contribution in [2.75, 3.05) is 7.11 Å². The van der Waals surface area contributed by atoms with E-state index in [1.54, 1.807) is 0 Å². The molecule has 0 saturated heterocycles. The van der Waals surface area contributed by atoms with Crippen LogP contribution < -0.4 is 0 Å². The van der Waals surface area contributed by atoms with Crippen LogP contribution >= 0.6 is 0 Å². The van der Waals surface area contributed by atoms with Gasteiger partial charge in [-0.05, 0) is 51.4 Å². The zero-order chi connectivity index (χ0) is 19.7. The minimum Gasteiger partial charge on any atom is -0.460 e. The lowest BCUT2D eigenvalue weighted by atomic mass is 9.98. The third-order valence-corrected chi connectivity index (χ3v) is 4.45. The van der Waals surface area contributed by atoms with Crippen LogP contribution in [0.25, 0.3) is 0 Å². The van der Waals surface area contributed by atoms with Crippen molar-refractivity contribution >= 4 is 24.8 Å². The Morgan fingerprint density at radius 2 is 1.26 bits per heavy atom. The van der Waals surface area contributed by atoms with Crippen LogP contribution in [0.15, 0.2) is 0 Å². The molecule has 0 amide bonds. The number of carbonyl (C=O) groups is 4. The summed E-state index contributed by atoms with van der Waals surface area (Å²) in [5.41, 5.74) is 0. The van der Waals surface area contributed by atoms with Gasteiger partial charge in [-0.1, -0.05) is 6.42 Å². The molecule has 0 bridgehead atoms. The van der Waals surface area contributed by atoms with Gasteiger partial charge in [0.1, 0.15) is 12.2 Å². The molecule has 27 heavy (non-hydrogen) atoms. The molecule has 0 aromatic heterocycles. The molecule has 0 spiro atoms. The Balaban J connectivity index is 2.04. The molecule has 1 unspecified atom stereocenters. The van der Waals surface area contributed by atoms with E-state index in [1.807, 2.05) is 0 Å². The highest BCUT2D eigenvalue weighted by Crippen LogP contribution is 2.26. The van der Waals surface area contributed by atoms with Crippen LogP contribution in [0.3, 0.4) is 0 Å². The van der Waals surface area contributed by atoms with E-state index < -0.39 is 36.5 Å². The van der Waals surface area contributed by atoms with E-state index in [1.165, 1.54) is 0 Å². The minimum atomic E-state index is -3.07. The smallest absolute Gasteiger partial charge is 0.460 e. The second kappa shape index (κ2) is 9.98. The lowest BCUT2D eigenvalue weighted by molar-refractivity contribution is -0.310. The maximum atomic E-state index is 12.1. The van der Waals surface area contributed by atoms with Crippen molar-refractivity contribution in [2.24, 2.45) is 0 Å². The van der Waals surface area contributed by atoms with Crippen LogP contribution in [0.4, 0.5) is 9.59 Å². The van der Waals surface area contributed by atoms with Crippen LogP contribution in [0.2, 0.25) is 0 Å². The van der Waals surface area contributed by atoms with E-state index in [2.05, 4.69) is 9.47 Å². The largest absolute Gasteiger partial charge is 0.534 e. The monoisotopic (exact) mass is 388 g/mol. The van der Waals surface area contributed by atoms with Gasteiger partial charge < -0.3 is 28.4 Å². The van der Waals surface area contributed by atoms with E-state index in [0.717, 1.165) is 39.2 Å². The second-order valence-corrected chi connectivity index (χ2v) is 6.37. The highest BCUT2D eigenvalue weighted by molar-refractivity contribution is 5.82. The Bertz CT molecular complexity index is 536. The van der Waals surface area contributed by atoms with Crippen molar-refractivity contribution in [1.29, 1.82) is 0 Å². The number of hydrogen-bond donors (Lipinski definition) is 0. The van der Waals surface area contributed by atoms with E-state index in [0.29, 0.717) is 25.7 Å². The van der Waals surface area contributed by atoms with Crippen LogP contribution in [-0.2, 0) is 38.0 Å². The maximum absolute atomic E-state index is 12.1. The van der Waals surface area contributed by atoms with E-state index in [-0.39, 0.29) is 6.47 Å². The Kier molecular flexibility index (Phi) is 7.68. The van der Waals surface area contributed by atoms with Crippen molar-refractivity contribution in [3.63, 3.8) is 0 Å².